The number of benzene rings is 1. The van der Waals surface area contributed by atoms with E-state index in [1.54, 1.807) is 0 Å². The normalized spacial score (nSPS) is 25.0. The van der Waals surface area contributed by atoms with E-state index in [4.69, 9.17) is 5.73 Å². The van der Waals surface area contributed by atoms with Crippen LogP contribution in [0, 0.1) is 5.92 Å². The van der Waals surface area contributed by atoms with Crippen molar-refractivity contribution in [3.8, 4) is 0 Å². The van der Waals surface area contributed by atoms with Crippen molar-refractivity contribution < 1.29 is 9.59 Å². The van der Waals surface area contributed by atoms with Crippen LogP contribution in [0.3, 0.4) is 0 Å². The van der Waals surface area contributed by atoms with Gasteiger partial charge in [0.05, 0.1) is 6.20 Å². The summed E-state index contributed by atoms with van der Waals surface area (Å²) in [5.74, 6) is -0.461. The Morgan fingerprint density at radius 2 is 2.17 bits per heavy atom. The summed E-state index contributed by atoms with van der Waals surface area (Å²) in [6.45, 7) is 0. The van der Waals surface area contributed by atoms with Crippen molar-refractivity contribution in [2.45, 2.75) is 31.1 Å². The molecule has 1 heterocycles. The molecule has 4 rings (SSSR count). The first-order valence-corrected chi connectivity index (χ1v) is 7.84. The number of aromatic nitrogens is 2. The first kappa shape index (κ1) is 14.0. The van der Waals surface area contributed by atoms with Gasteiger partial charge in [0.25, 0.3) is 5.91 Å². The first-order chi connectivity index (χ1) is 11.1. The Bertz CT molecular complexity index is 797. The Balaban J connectivity index is 1.57. The lowest BCUT2D eigenvalue weighted by Crippen LogP contribution is -2.25. The van der Waals surface area contributed by atoms with Gasteiger partial charge in [-0.2, -0.15) is 5.10 Å². The van der Waals surface area contributed by atoms with Gasteiger partial charge in [-0.15, -0.1) is 0 Å². The van der Waals surface area contributed by atoms with E-state index in [2.05, 4.69) is 33.7 Å². The molecule has 1 fully saturated rings. The molecule has 4 N–H and O–H groups in total. The Kier molecular flexibility index (Phi) is 3.01. The largest absolute Gasteiger partial charge is 0.365 e. The molecule has 2 atom stereocenters. The zero-order valence-corrected chi connectivity index (χ0v) is 12.6. The van der Waals surface area contributed by atoms with Gasteiger partial charge in [0, 0.05) is 11.3 Å². The Morgan fingerprint density at radius 1 is 1.35 bits per heavy atom. The van der Waals surface area contributed by atoms with Crippen LogP contribution in [0.1, 0.15) is 40.7 Å². The van der Waals surface area contributed by atoms with Crippen LogP contribution < -0.4 is 11.1 Å². The van der Waals surface area contributed by atoms with Gasteiger partial charge >= 0.3 is 0 Å². The summed E-state index contributed by atoms with van der Waals surface area (Å²) in [5, 5.41) is 9.18. The highest BCUT2D eigenvalue weighted by molar-refractivity contribution is 6.03. The van der Waals surface area contributed by atoms with Crippen molar-refractivity contribution >= 4 is 17.6 Å². The minimum absolute atomic E-state index is 0.0359. The number of aryl methyl sites for hydroxylation is 1. The Hall–Kier alpha value is -2.63. The average Bonchev–Trinajstić information content (AvgIpc) is 3.06. The number of aromatic amines is 1. The maximum atomic E-state index is 12.6. The topological polar surface area (TPSA) is 101 Å². The zero-order chi connectivity index (χ0) is 16.0. The van der Waals surface area contributed by atoms with Gasteiger partial charge in [-0.3, -0.25) is 14.7 Å². The Morgan fingerprint density at radius 3 is 3.00 bits per heavy atom. The van der Waals surface area contributed by atoms with Crippen LogP contribution >= 0.6 is 0 Å². The van der Waals surface area contributed by atoms with Crippen LogP contribution in [0.15, 0.2) is 30.5 Å². The molecule has 1 saturated carbocycles. The minimum Gasteiger partial charge on any atom is -0.365 e. The SMILES string of the molecule is NC(=O)c1cn[nH]c1NC(=O)[C@H]1C[C@]12CCCc1ccccc12. The molecule has 1 spiro atoms. The average molecular weight is 310 g/mol. The summed E-state index contributed by atoms with van der Waals surface area (Å²) in [7, 11) is 0. The van der Waals surface area contributed by atoms with Crippen LogP contribution in [0.5, 0.6) is 0 Å². The molecule has 23 heavy (non-hydrogen) atoms. The van der Waals surface area contributed by atoms with Crippen LogP contribution in [0.25, 0.3) is 0 Å². The van der Waals surface area contributed by atoms with Crippen molar-refractivity contribution in [3.63, 3.8) is 0 Å². The van der Waals surface area contributed by atoms with Crippen LogP contribution in [-0.2, 0) is 16.6 Å². The molecule has 0 unspecified atom stereocenters. The van der Waals surface area contributed by atoms with Gasteiger partial charge in [-0.1, -0.05) is 24.3 Å². The Labute approximate surface area is 133 Å². The minimum atomic E-state index is -0.609. The standard InChI is InChI=1S/C17H18N4O2/c18-14(22)11-9-19-21-15(11)20-16(23)13-8-17(13)7-3-5-10-4-1-2-6-12(10)17/h1-2,4,6,9,13H,3,5,7-8H2,(H2,18,22)(H2,19,20,21,23)/t13-,17+/m1/s1. The second-order valence-corrected chi connectivity index (χ2v) is 6.44. The number of carbonyl (C=O) groups is 2. The number of anilines is 1. The number of nitrogens with one attached hydrogen (secondary N) is 2. The third-order valence-electron chi connectivity index (χ3n) is 5.17. The molecule has 1 aromatic carbocycles. The molecule has 1 aromatic heterocycles. The van der Waals surface area contributed by atoms with E-state index in [1.807, 2.05) is 6.07 Å². The lowest BCUT2D eigenvalue weighted by molar-refractivity contribution is -0.117. The van der Waals surface area contributed by atoms with Gasteiger partial charge in [-0.05, 0) is 36.8 Å². The van der Waals surface area contributed by atoms with Gasteiger partial charge < -0.3 is 11.1 Å². The predicted octanol–water partition coefficient (Wildman–Crippen LogP) is 1.74. The number of nitrogens with zero attached hydrogens (tertiary/aromatic N) is 1. The van der Waals surface area contributed by atoms with E-state index in [9.17, 15) is 9.59 Å². The molecule has 0 saturated heterocycles. The summed E-state index contributed by atoms with van der Waals surface area (Å²) in [5.41, 5.74) is 8.11. The predicted molar refractivity (Wildman–Crippen MR) is 84.9 cm³/mol. The third-order valence-corrected chi connectivity index (χ3v) is 5.17. The number of fused-ring (bicyclic) bond motifs is 2. The maximum absolute atomic E-state index is 12.6. The number of hydrogen-bond donors (Lipinski definition) is 3. The highest BCUT2D eigenvalue weighted by atomic mass is 16.2. The summed E-state index contributed by atoms with van der Waals surface area (Å²) in [6.07, 6.45) is 5.41. The number of rotatable bonds is 3. The van der Waals surface area contributed by atoms with E-state index in [1.165, 1.54) is 17.3 Å². The van der Waals surface area contributed by atoms with Gasteiger partial charge in [0.1, 0.15) is 11.4 Å². The zero-order valence-electron chi connectivity index (χ0n) is 12.6. The molecular weight excluding hydrogens is 292 g/mol. The molecule has 2 aliphatic rings. The first-order valence-electron chi connectivity index (χ1n) is 7.84. The van der Waals surface area contributed by atoms with E-state index in [0.29, 0.717) is 0 Å². The second kappa shape index (κ2) is 4.94. The highest BCUT2D eigenvalue weighted by Gasteiger charge is 2.60. The van der Waals surface area contributed by atoms with E-state index >= 15 is 0 Å². The molecule has 2 amide bonds. The molecule has 2 aliphatic carbocycles. The van der Waals surface area contributed by atoms with Gasteiger partial charge in [-0.25, -0.2) is 0 Å². The highest BCUT2D eigenvalue weighted by Crippen LogP contribution is 2.60. The summed E-state index contributed by atoms with van der Waals surface area (Å²) in [4.78, 5) is 23.9. The number of primary amides is 1. The quantitative estimate of drug-likeness (QED) is 0.805. The number of carbonyl (C=O) groups excluding carboxylic acids is 2. The molecule has 6 heteroatoms. The summed E-state index contributed by atoms with van der Waals surface area (Å²) < 4.78 is 0. The van der Waals surface area contributed by atoms with Crippen LogP contribution in [0.2, 0.25) is 0 Å². The van der Waals surface area contributed by atoms with E-state index in [-0.39, 0.29) is 28.6 Å². The lowest BCUT2D eigenvalue weighted by atomic mass is 9.78. The third kappa shape index (κ3) is 2.13. The maximum Gasteiger partial charge on any atom is 0.254 e. The lowest BCUT2D eigenvalue weighted by Gasteiger charge is -2.26. The van der Waals surface area contributed by atoms with Crippen molar-refractivity contribution in [2.24, 2.45) is 11.7 Å². The van der Waals surface area contributed by atoms with Crippen LogP contribution in [-0.4, -0.2) is 22.0 Å². The summed E-state index contributed by atoms with van der Waals surface area (Å²) in [6, 6.07) is 8.40. The van der Waals surface area contributed by atoms with Crippen molar-refractivity contribution in [3.05, 3.63) is 47.2 Å². The van der Waals surface area contributed by atoms with E-state index < -0.39 is 5.91 Å². The summed E-state index contributed by atoms with van der Waals surface area (Å²) >= 11 is 0. The molecular formula is C17H18N4O2. The van der Waals surface area contributed by atoms with Crippen molar-refractivity contribution in [1.82, 2.24) is 10.2 Å². The fourth-order valence-corrected chi connectivity index (χ4v) is 3.95. The van der Waals surface area contributed by atoms with Crippen molar-refractivity contribution in [2.75, 3.05) is 5.32 Å². The number of H-pyrrole nitrogens is 1. The fourth-order valence-electron chi connectivity index (χ4n) is 3.95. The van der Waals surface area contributed by atoms with Crippen molar-refractivity contribution in [1.29, 1.82) is 0 Å². The van der Waals surface area contributed by atoms with Crippen LogP contribution in [0.4, 0.5) is 5.82 Å². The number of amides is 2. The molecule has 0 aliphatic heterocycles. The molecule has 6 nitrogen and oxygen atoms in total. The molecule has 2 aromatic rings. The fraction of sp³-hybridized carbons (Fsp3) is 0.353. The molecule has 0 bridgehead atoms. The number of hydrogen-bond acceptors (Lipinski definition) is 3. The van der Waals surface area contributed by atoms with E-state index in [0.717, 1.165) is 25.7 Å². The monoisotopic (exact) mass is 310 g/mol. The van der Waals surface area contributed by atoms with Gasteiger partial charge in [0.15, 0.2) is 0 Å². The second-order valence-electron chi connectivity index (χ2n) is 6.44. The molecule has 0 radical (unpaired) electrons. The molecule has 118 valence electrons. The van der Waals surface area contributed by atoms with Gasteiger partial charge in [0.2, 0.25) is 5.91 Å². The smallest absolute Gasteiger partial charge is 0.254 e. The number of nitrogens with two attached hydrogens (primary N) is 1.